The second kappa shape index (κ2) is 5.30. The van der Waals surface area contributed by atoms with E-state index in [1.54, 1.807) is 17.5 Å². The third kappa shape index (κ3) is 2.41. The molecule has 0 amide bonds. The van der Waals surface area contributed by atoms with Crippen LogP contribution in [0.2, 0.25) is 0 Å². The molecule has 0 unspecified atom stereocenters. The standard InChI is InChI=1S/C16H15BrN4S/c17-11-4-3-7-19-14(11)20-10-8-16(18,9-10)15-21-12-5-1-2-6-13(12)22-15/h1-7,10H,8-9,18H2,(H,19,20). The largest absolute Gasteiger partial charge is 0.366 e. The van der Waals surface area contributed by atoms with Crippen LogP contribution in [0.25, 0.3) is 10.2 Å². The summed E-state index contributed by atoms with van der Waals surface area (Å²) in [4.78, 5) is 9.05. The predicted molar refractivity (Wildman–Crippen MR) is 94.1 cm³/mol. The van der Waals surface area contributed by atoms with Gasteiger partial charge in [-0.25, -0.2) is 9.97 Å². The van der Waals surface area contributed by atoms with Gasteiger partial charge in [-0.1, -0.05) is 12.1 Å². The lowest BCUT2D eigenvalue weighted by molar-refractivity contribution is 0.225. The Morgan fingerprint density at radius 2 is 2.05 bits per heavy atom. The molecule has 1 saturated carbocycles. The molecule has 3 N–H and O–H groups in total. The molecule has 4 nitrogen and oxygen atoms in total. The maximum atomic E-state index is 6.55. The Balaban J connectivity index is 1.50. The Bertz CT molecular complexity index is 793. The van der Waals surface area contributed by atoms with E-state index in [4.69, 9.17) is 10.7 Å². The lowest BCUT2D eigenvalue weighted by Crippen LogP contribution is -2.54. The number of thiazole rings is 1. The van der Waals surface area contributed by atoms with E-state index in [1.807, 2.05) is 30.3 Å². The first kappa shape index (κ1) is 14.1. The second-order valence-corrected chi connectivity index (χ2v) is 7.61. The highest BCUT2D eigenvalue weighted by Crippen LogP contribution is 2.43. The summed E-state index contributed by atoms with van der Waals surface area (Å²) in [5, 5.41) is 4.48. The number of nitrogens with two attached hydrogens (primary N) is 1. The van der Waals surface area contributed by atoms with Gasteiger partial charge in [-0.05, 0) is 53.0 Å². The molecule has 0 radical (unpaired) electrons. The van der Waals surface area contributed by atoms with Crippen molar-refractivity contribution in [3.8, 4) is 0 Å². The van der Waals surface area contributed by atoms with Crippen molar-refractivity contribution in [2.45, 2.75) is 24.4 Å². The summed E-state index contributed by atoms with van der Waals surface area (Å²) in [6, 6.07) is 12.4. The van der Waals surface area contributed by atoms with Gasteiger partial charge in [0.25, 0.3) is 0 Å². The maximum absolute atomic E-state index is 6.55. The lowest BCUT2D eigenvalue weighted by atomic mass is 9.74. The van der Waals surface area contributed by atoms with Crippen LogP contribution in [-0.2, 0) is 5.54 Å². The number of hydrogen-bond donors (Lipinski definition) is 2. The summed E-state index contributed by atoms with van der Waals surface area (Å²) < 4.78 is 2.18. The van der Waals surface area contributed by atoms with Crippen LogP contribution in [0.15, 0.2) is 47.1 Å². The minimum absolute atomic E-state index is 0.317. The Morgan fingerprint density at radius 3 is 2.82 bits per heavy atom. The molecule has 112 valence electrons. The molecule has 0 saturated heterocycles. The number of para-hydroxylation sites is 1. The molecule has 4 rings (SSSR count). The molecule has 1 aliphatic rings. The number of nitrogens with one attached hydrogen (secondary N) is 1. The van der Waals surface area contributed by atoms with Gasteiger partial charge < -0.3 is 11.1 Å². The van der Waals surface area contributed by atoms with Crippen LogP contribution in [0.4, 0.5) is 5.82 Å². The number of nitrogens with zero attached hydrogens (tertiary/aromatic N) is 2. The van der Waals surface area contributed by atoms with Gasteiger partial charge in [-0.15, -0.1) is 11.3 Å². The molecule has 0 spiro atoms. The summed E-state index contributed by atoms with van der Waals surface area (Å²) in [5.41, 5.74) is 7.27. The number of benzene rings is 1. The fourth-order valence-electron chi connectivity index (χ4n) is 2.87. The molecule has 2 aromatic heterocycles. The van der Waals surface area contributed by atoms with E-state index in [1.165, 1.54) is 4.70 Å². The zero-order valence-electron chi connectivity index (χ0n) is 11.8. The Kier molecular flexibility index (Phi) is 3.40. The van der Waals surface area contributed by atoms with E-state index >= 15 is 0 Å². The normalized spacial score (nSPS) is 24.2. The number of hydrogen-bond acceptors (Lipinski definition) is 5. The van der Waals surface area contributed by atoms with E-state index in [2.05, 4.69) is 32.3 Å². The SMILES string of the molecule is NC1(c2nc3ccccc3s2)CC(Nc2ncccc2Br)C1. The van der Waals surface area contributed by atoms with Crippen LogP contribution < -0.4 is 11.1 Å². The van der Waals surface area contributed by atoms with Crippen molar-refractivity contribution in [2.24, 2.45) is 5.73 Å². The summed E-state index contributed by atoms with van der Waals surface area (Å²) in [6.45, 7) is 0. The molecule has 6 heteroatoms. The molecular weight excluding hydrogens is 360 g/mol. The number of anilines is 1. The van der Waals surface area contributed by atoms with E-state index < -0.39 is 0 Å². The lowest BCUT2D eigenvalue weighted by Gasteiger charge is -2.44. The van der Waals surface area contributed by atoms with Crippen LogP contribution in [0.1, 0.15) is 17.8 Å². The zero-order chi connectivity index (χ0) is 15.2. The molecule has 1 fully saturated rings. The first-order valence-corrected chi connectivity index (χ1v) is 8.77. The maximum Gasteiger partial charge on any atom is 0.140 e. The Hall–Kier alpha value is -1.50. The van der Waals surface area contributed by atoms with Crippen LogP contribution in [-0.4, -0.2) is 16.0 Å². The van der Waals surface area contributed by atoms with E-state index in [-0.39, 0.29) is 5.54 Å². The number of pyridine rings is 1. The van der Waals surface area contributed by atoms with Gasteiger partial charge in [-0.3, -0.25) is 0 Å². The van der Waals surface area contributed by atoms with Crippen molar-refractivity contribution in [1.82, 2.24) is 9.97 Å². The highest BCUT2D eigenvalue weighted by atomic mass is 79.9. The van der Waals surface area contributed by atoms with E-state index in [0.29, 0.717) is 6.04 Å². The smallest absolute Gasteiger partial charge is 0.140 e. The van der Waals surface area contributed by atoms with Gasteiger partial charge in [0.05, 0.1) is 20.2 Å². The summed E-state index contributed by atoms with van der Waals surface area (Å²) in [7, 11) is 0. The van der Waals surface area contributed by atoms with Gasteiger partial charge in [0.1, 0.15) is 10.8 Å². The zero-order valence-corrected chi connectivity index (χ0v) is 14.2. The average molecular weight is 375 g/mol. The number of halogens is 1. The third-order valence-electron chi connectivity index (χ3n) is 4.04. The summed E-state index contributed by atoms with van der Waals surface area (Å²) in [6.07, 6.45) is 3.53. The summed E-state index contributed by atoms with van der Waals surface area (Å²) in [5.74, 6) is 0.874. The molecule has 3 aromatic rings. The van der Waals surface area contributed by atoms with Crippen LogP contribution in [0.3, 0.4) is 0 Å². The highest BCUT2D eigenvalue weighted by molar-refractivity contribution is 9.10. The fraction of sp³-hybridized carbons (Fsp3) is 0.250. The average Bonchev–Trinajstić information content (AvgIpc) is 2.92. The van der Waals surface area contributed by atoms with E-state index in [9.17, 15) is 0 Å². The topological polar surface area (TPSA) is 63.8 Å². The molecule has 1 aromatic carbocycles. The third-order valence-corrected chi connectivity index (χ3v) is 5.94. The van der Waals surface area contributed by atoms with Crippen LogP contribution in [0, 0.1) is 0 Å². The Morgan fingerprint density at radius 1 is 1.23 bits per heavy atom. The van der Waals surface area contributed by atoms with Gasteiger partial charge in [0, 0.05) is 12.2 Å². The van der Waals surface area contributed by atoms with Crippen molar-refractivity contribution in [2.75, 3.05) is 5.32 Å². The molecular formula is C16H15BrN4S. The molecule has 2 heterocycles. The van der Waals surface area contributed by atoms with Crippen molar-refractivity contribution >= 4 is 43.3 Å². The molecule has 1 aliphatic carbocycles. The number of fused-ring (bicyclic) bond motifs is 1. The molecule has 0 atom stereocenters. The quantitative estimate of drug-likeness (QED) is 0.729. The summed E-state index contributed by atoms with van der Waals surface area (Å²) >= 11 is 5.21. The van der Waals surface area contributed by atoms with Crippen molar-refractivity contribution in [3.05, 3.63) is 52.1 Å². The first-order valence-electron chi connectivity index (χ1n) is 7.16. The minimum Gasteiger partial charge on any atom is -0.366 e. The van der Waals surface area contributed by atoms with Crippen molar-refractivity contribution < 1.29 is 0 Å². The minimum atomic E-state index is -0.317. The van der Waals surface area contributed by atoms with Crippen molar-refractivity contribution in [1.29, 1.82) is 0 Å². The highest BCUT2D eigenvalue weighted by Gasteiger charge is 2.45. The number of aromatic nitrogens is 2. The first-order chi connectivity index (χ1) is 10.6. The predicted octanol–water partition coefficient (Wildman–Crippen LogP) is 3.88. The van der Waals surface area contributed by atoms with Crippen LogP contribution in [0.5, 0.6) is 0 Å². The molecule has 0 aliphatic heterocycles. The van der Waals surface area contributed by atoms with Crippen molar-refractivity contribution in [3.63, 3.8) is 0 Å². The molecule has 0 bridgehead atoms. The molecule has 22 heavy (non-hydrogen) atoms. The Labute approximate surface area is 140 Å². The van der Waals surface area contributed by atoms with Gasteiger partial charge in [-0.2, -0.15) is 0 Å². The van der Waals surface area contributed by atoms with Gasteiger partial charge in [0.2, 0.25) is 0 Å². The monoisotopic (exact) mass is 374 g/mol. The van der Waals surface area contributed by atoms with Crippen LogP contribution >= 0.6 is 27.3 Å². The van der Waals surface area contributed by atoms with Gasteiger partial charge >= 0.3 is 0 Å². The van der Waals surface area contributed by atoms with E-state index in [0.717, 1.165) is 33.7 Å². The second-order valence-electron chi connectivity index (χ2n) is 5.73. The fourth-order valence-corrected chi connectivity index (χ4v) is 4.32. The number of rotatable bonds is 3. The van der Waals surface area contributed by atoms with Gasteiger partial charge in [0.15, 0.2) is 0 Å².